The number of aromatic nitrogens is 5. The average molecular weight is 418 g/mol. The Morgan fingerprint density at radius 2 is 1.93 bits per heavy atom. The molecule has 0 aliphatic rings. The molecule has 0 aliphatic carbocycles. The van der Waals surface area contributed by atoms with Crippen LogP contribution in [0.3, 0.4) is 0 Å². The third-order valence-corrected chi connectivity index (χ3v) is 4.32. The highest BCUT2D eigenvalue weighted by molar-refractivity contribution is 5.93. The molecule has 3 aromatic heterocycles. The summed E-state index contributed by atoms with van der Waals surface area (Å²) in [6.45, 7) is 0.245. The molecule has 0 aliphatic heterocycles. The molecule has 0 saturated carbocycles. The maximum atomic E-state index is 13.6. The van der Waals surface area contributed by atoms with Gasteiger partial charge in [0.1, 0.15) is 5.82 Å². The van der Waals surface area contributed by atoms with E-state index in [4.69, 9.17) is 0 Å². The Balaban J connectivity index is 1.66. The zero-order chi connectivity index (χ0) is 21.3. The number of carbonyl (C=O) groups is 1. The molecular formula is C19H14F4N6O. The Kier molecular flexibility index (Phi) is 4.94. The molecule has 7 nitrogen and oxygen atoms in total. The van der Waals surface area contributed by atoms with Gasteiger partial charge < -0.3 is 10.3 Å². The number of nitrogens with zero attached hydrogens (tertiary/aromatic N) is 4. The molecule has 1 amide bonds. The second kappa shape index (κ2) is 7.58. The number of halogens is 4. The second-order valence-corrected chi connectivity index (χ2v) is 6.41. The van der Waals surface area contributed by atoms with Crippen molar-refractivity contribution in [2.24, 2.45) is 0 Å². The van der Waals surface area contributed by atoms with Crippen molar-refractivity contribution in [1.82, 2.24) is 29.9 Å². The summed E-state index contributed by atoms with van der Waals surface area (Å²) in [7, 11) is 0. The topological polar surface area (TPSA) is 88.0 Å². The molecule has 1 aromatic carbocycles. The van der Waals surface area contributed by atoms with Crippen molar-refractivity contribution in [3.8, 4) is 11.3 Å². The maximum Gasteiger partial charge on any atom is 0.433 e. The summed E-state index contributed by atoms with van der Waals surface area (Å²) in [5.41, 5.74) is -0.354. The van der Waals surface area contributed by atoms with Crippen molar-refractivity contribution in [1.29, 1.82) is 0 Å². The van der Waals surface area contributed by atoms with E-state index < -0.39 is 23.6 Å². The predicted octanol–water partition coefficient (Wildman–Crippen LogP) is 3.25. The second-order valence-electron chi connectivity index (χ2n) is 6.41. The van der Waals surface area contributed by atoms with Gasteiger partial charge in [-0.2, -0.15) is 18.3 Å². The third kappa shape index (κ3) is 4.00. The lowest BCUT2D eigenvalue weighted by Crippen LogP contribution is -2.26. The molecule has 0 saturated heterocycles. The average Bonchev–Trinajstić information content (AvgIpc) is 3.36. The first-order valence-electron chi connectivity index (χ1n) is 8.81. The molecule has 0 unspecified atom stereocenters. The van der Waals surface area contributed by atoms with Gasteiger partial charge in [-0.25, -0.2) is 18.9 Å². The van der Waals surface area contributed by atoms with Gasteiger partial charge in [-0.3, -0.25) is 4.79 Å². The van der Waals surface area contributed by atoms with Crippen molar-refractivity contribution >= 4 is 11.6 Å². The number of amides is 1. The molecule has 4 aromatic rings. The molecule has 11 heteroatoms. The molecule has 0 spiro atoms. The molecule has 3 heterocycles. The van der Waals surface area contributed by atoms with E-state index >= 15 is 0 Å². The van der Waals surface area contributed by atoms with Crippen molar-refractivity contribution in [2.75, 3.05) is 6.54 Å². The molecular weight excluding hydrogens is 404 g/mol. The Morgan fingerprint density at radius 3 is 2.60 bits per heavy atom. The Bertz CT molecular complexity index is 1180. The van der Waals surface area contributed by atoms with Crippen molar-refractivity contribution in [2.45, 2.75) is 12.6 Å². The van der Waals surface area contributed by atoms with E-state index in [2.05, 4.69) is 25.4 Å². The Morgan fingerprint density at radius 1 is 1.17 bits per heavy atom. The maximum absolute atomic E-state index is 13.6. The van der Waals surface area contributed by atoms with Crippen molar-refractivity contribution in [3.05, 3.63) is 71.8 Å². The van der Waals surface area contributed by atoms with Gasteiger partial charge in [0.2, 0.25) is 0 Å². The van der Waals surface area contributed by atoms with Gasteiger partial charge in [-0.05, 0) is 30.3 Å². The van der Waals surface area contributed by atoms with Gasteiger partial charge in [0, 0.05) is 36.5 Å². The first-order chi connectivity index (χ1) is 14.3. The van der Waals surface area contributed by atoms with E-state index in [0.29, 0.717) is 16.5 Å². The lowest BCUT2D eigenvalue weighted by Gasteiger charge is -2.11. The molecule has 0 atom stereocenters. The van der Waals surface area contributed by atoms with Crippen molar-refractivity contribution < 1.29 is 22.4 Å². The summed E-state index contributed by atoms with van der Waals surface area (Å²) in [5.74, 6) is -1.15. The van der Waals surface area contributed by atoms with Gasteiger partial charge in [0.15, 0.2) is 17.0 Å². The van der Waals surface area contributed by atoms with E-state index in [1.54, 1.807) is 6.20 Å². The van der Waals surface area contributed by atoms with Crippen LogP contribution in [0.5, 0.6) is 0 Å². The van der Waals surface area contributed by atoms with Crippen LogP contribution in [0.1, 0.15) is 21.9 Å². The van der Waals surface area contributed by atoms with Crippen LogP contribution >= 0.6 is 0 Å². The number of hydrogen-bond donors (Lipinski definition) is 2. The fourth-order valence-electron chi connectivity index (χ4n) is 2.88. The van der Waals surface area contributed by atoms with Crippen LogP contribution in [-0.2, 0) is 12.6 Å². The lowest BCUT2D eigenvalue weighted by atomic mass is 10.1. The number of rotatable bonds is 5. The highest BCUT2D eigenvalue weighted by atomic mass is 19.4. The summed E-state index contributed by atoms with van der Waals surface area (Å²) >= 11 is 0. The summed E-state index contributed by atoms with van der Waals surface area (Å²) in [6, 6.07) is 6.90. The van der Waals surface area contributed by atoms with E-state index in [-0.39, 0.29) is 23.6 Å². The number of aromatic amines is 1. The quantitative estimate of drug-likeness (QED) is 0.487. The van der Waals surface area contributed by atoms with Crippen LogP contribution in [0.15, 0.2) is 48.9 Å². The molecule has 154 valence electrons. The first-order valence-corrected chi connectivity index (χ1v) is 8.81. The zero-order valence-corrected chi connectivity index (χ0v) is 15.2. The normalized spacial score (nSPS) is 11.7. The third-order valence-electron chi connectivity index (χ3n) is 4.32. The van der Waals surface area contributed by atoms with Gasteiger partial charge in [-0.15, -0.1) is 0 Å². The van der Waals surface area contributed by atoms with Gasteiger partial charge >= 0.3 is 6.18 Å². The molecule has 2 N–H and O–H groups in total. The summed E-state index contributed by atoms with van der Waals surface area (Å²) in [4.78, 5) is 23.2. The SMILES string of the molecule is O=C(NCCc1cnc[nH]1)c1cc2nc(-c3ccc(F)cc3)cc(C(F)(F)F)n2n1. The number of nitrogens with one attached hydrogen (secondary N) is 2. The standard InChI is InChI=1S/C19H14F4N6O/c20-12-3-1-11(2-4-12)14-7-16(19(21,22)23)29-17(27-14)8-15(28-29)18(30)25-6-5-13-9-24-10-26-13/h1-4,7-10H,5-6H2,(H,24,26)(H,25,30). The number of imidazole rings is 1. The van der Waals surface area contributed by atoms with Gasteiger partial charge in [-0.1, -0.05) is 0 Å². The fraction of sp³-hybridized carbons (Fsp3) is 0.158. The highest BCUT2D eigenvalue weighted by Crippen LogP contribution is 2.32. The van der Waals surface area contributed by atoms with Gasteiger partial charge in [0.05, 0.1) is 12.0 Å². The molecule has 0 fully saturated rings. The minimum atomic E-state index is -4.74. The van der Waals surface area contributed by atoms with Crippen molar-refractivity contribution in [3.63, 3.8) is 0 Å². The van der Waals surface area contributed by atoms with Crippen LogP contribution in [0.2, 0.25) is 0 Å². The minimum absolute atomic E-state index is 0.0130. The van der Waals surface area contributed by atoms with E-state index in [1.807, 2.05) is 0 Å². The number of carbonyl (C=O) groups excluding carboxylic acids is 1. The highest BCUT2D eigenvalue weighted by Gasteiger charge is 2.35. The molecule has 0 bridgehead atoms. The molecule has 4 rings (SSSR count). The zero-order valence-electron chi connectivity index (χ0n) is 15.2. The number of hydrogen-bond acceptors (Lipinski definition) is 4. The Labute approximate surface area is 166 Å². The summed E-state index contributed by atoms with van der Waals surface area (Å²) in [5, 5.41) is 6.38. The van der Waals surface area contributed by atoms with Crippen LogP contribution in [-0.4, -0.2) is 37.0 Å². The first kappa shape index (κ1) is 19.6. The summed E-state index contributed by atoms with van der Waals surface area (Å²) < 4.78 is 54.5. The van der Waals surface area contributed by atoms with Crippen LogP contribution < -0.4 is 5.32 Å². The van der Waals surface area contributed by atoms with Crippen LogP contribution in [0, 0.1) is 5.82 Å². The number of alkyl halides is 3. The van der Waals surface area contributed by atoms with E-state index in [9.17, 15) is 22.4 Å². The lowest BCUT2D eigenvalue weighted by molar-refractivity contribution is -0.142. The van der Waals surface area contributed by atoms with Gasteiger partial charge in [0.25, 0.3) is 5.91 Å². The summed E-state index contributed by atoms with van der Waals surface area (Å²) in [6.07, 6.45) is -1.16. The van der Waals surface area contributed by atoms with E-state index in [1.165, 1.54) is 24.5 Å². The fourth-order valence-corrected chi connectivity index (χ4v) is 2.88. The smallest absolute Gasteiger partial charge is 0.350 e. The number of fused-ring (bicyclic) bond motifs is 1. The molecule has 30 heavy (non-hydrogen) atoms. The number of H-pyrrole nitrogens is 1. The monoisotopic (exact) mass is 418 g/mol. The predicted molar refractivity (Wildman–Crippen MR) is 98.0 cm³/mol. The van der Waals surface area contributed by atoms with E-state index in [0.717, 1.165) is 23.9 Å². The molecule has 0 radical (unpaired) electrons. The Hall–Kier alpha value is -3.76. The van der Waals surface area contributed by atoms with Crippen LogP contribution in [0.4, 0.5) is 17.6 Å². The largest absolute Gasteiger partial charge is 0.433 e. The van der Waals surface area contributed by atoms with Crippen LogP contribution in [0.25, 0.3) is 16.9 Å². The minimum Gasteiger partial charge on any atom is -0.350 e. The number of benzene rings is 1.